The Kier molecular flexibility index (Phi) is 5.41. The SMILES string of the molecule is COc1ccc2c(c1)CCc1c(-c3cc(OC)c(OC)c(OC)c3)nc3c(ccc4ccccc43)c1-2. The summed E-state index contributed by atoms with van der Waals surface area (Å²) in [5, 5.41) is 3.46. The Bertz CT molecular complexity index is 1610. The van der Waals surface area contributed by atoms with Crippen LogP contribution in [-0.4, -0.2) is 33.4 Å². The summed E-state index contributed by atoms with van der Waals surface area (Å²) in [5.74, 6) is 2.68. The number of rotatable bonds is 5. The number of hydrogen-bond acceptors (Lipinski definition) is 5. The highest BCUT2D eigenvalue weighted by Gasteiger charge is 2.26. The van der Waals surface area contributed by atoms with Gasteiger partial charge in [0.25, 0.3) is 0 Å². The van der Waals surface area contributed by atoms with Crippen molar-refractivity contribution in [2.75, 3.05) is 28.4 Å². The molecule has 1 aliphatic rings. The highest BCUT2D eigenvalue weighted by molar-refractivity contribution is 6.12. The smallest absolute Gasteiger partial charge is 0.203 e. The molecule has 5 heteroatoms. The number of nitrogens with zero attached hydrogens (tertiary/aromatic N) is 1. The van der Waals surface area contributed by atoms with E-state index in [4.69, 9.17) is 23.9 Å². The van der Waals surface area contributed by atoms with E-state index >= 15 is 0 Å². The first-order chi connectivity index (χ1) is 17.7. The number of fused-ring (bicyclic) bond motifs is 7. The molecule has 5 aromatic rings. The fourth-order valence-electron chi connectivity index (χ4n) is 5.45. The molecule has 1 aliphatic carbocycles. The third-order valence-electron chi connectivity index (χ3n) is 7.15. The Morgan fingerprint density at radius 1 is 0.694 bits per heavy atom. The number of ether oxygens (including phenoxy) is 4. The average Bonchev–Trinajstić information content (AvgIpc) is 2.94. The molecule has 0 bridgehead atoms. The summed E-state index contributed by atoms with van der Waals surface area (Å²) < 4.78 is 22.5. The highest BCUT2D eigenvalue weighted by atomic mass is 16.5. The van der Waals surface area contributed by atoms with Gasteiger partial charge in [-0.15, -0.1) is 0 Å². The molecule has 0 amide bonds. The van der Waals surface area contributed by atoms with Crippen molar-refractivity contribution in [3.05, 3.63) is 77.9 Å². The summed E-state index contributed by atoms with van der Waals surface area (Å²) in [4.78, 5) is 5.32. The van der Waals surface area contributed by atoms with Crippen LogP contribution in [0.15, 0.2) is 66.7 Å². The molecule has 0 radical (unpaired) electrons. The minimum absolute atomic E-state index is 0.571. The molecule has 0 atom stereocenters. The van der Waals surface area contributed by atoms with Crippen LogP contribution in [0, 0.1) is 0 Å². The molecule has 4 aromatic carbocycles. The quantitative estimate of drug-likeness (QED) is 0.259. The predicted molar refractivity (Wildman–Crippen MR) is 144 cm³/mol. The van der Waals surface area contributed by atoms with Crippen molar-refractivity contribution in [2.45, 2.75) is 12.8 Å². The highest BCUT2D eigenvalue weighted by Crippen LogP contribution is 2.47. The molecular formula is C31H27NO4. The lowest BCUT2D eigenvalue weighted by Gasteiger charge is -2.25. The van der Waals surface area contributed by atoms with Crippen LogP contribution >= 0.6 is 0 Å². The predicted octanol–water partition coefficient (Wildman–Crippen LogP) is 6.86. The maximum absolute atomic E-state index is 5.68. The second-order valence-electron chi connectivity index (χ2n) is 8.93. The molecule has 1 heterocycles. The first kappa shape index (κ1) is 22.2. The fourth-order valence-corrected chi connectivity index (χ4v) is 5.45. The molecule has 6 rings (SSSR count). The van der Waals surface area contributed by atoms with Crippen LogP contribution in [0.4, 0.5) is 0 Å². The number of aryl methyl sites for hydroxylation is 1. The van der Waals surface area contributed by atoms with E-state index in [1.165, 1.54) is 27.6 Å². The molecule has 0 saturated heterocycles. The van der Waals surface area contributed by atoms with Gasteiger partial charge >= 0.3 is 0 Å². The summed E-state index contributed by atoms with van der Waals surface area (Å²) in [6.07, 6.45) is 1.79. The number of aromatic nitrogens is 1. The van der Waals surface area contributed by atoms with Crippen LogP contribution in [0.2, 0.25) is 0 Å². The molecule has 0 N–H and O–H groups in total. The Labute approximate surface area is 210 Å². The Balaban J connectivity index is 1.73. The minimum atomic E-state index is 0.571. The van der Waals surface area contributed by atoms with Crippen LogP contribution < -0.4 is 18.9 Å². The van der Waals surface area contributed by atoms with E-state index in [9.17, 15) is 0 Å². The zero-order chi connectivity index (χ0) is 24.8. The maximum Gasteiger partial charge on any atom is 0.203 e. The van der Waals surface area contributed by atoms with Gasteiger partial charge in [0.2, 0.25) is 5.75 Å². The van der Waals surface area contributed by atoms with Gasteiger partial charge in [0.15, 0.2) is 11.5 Å². The summed E-state index contributed by atoms with van der Waals surface area (Å²) in [6.45, 7) is 0. The Morgan fingerprint density at radius 2 is 1.47 bits per heavy atom. The topological polar surface area (TPSA) is 49.8 Å². The number of hydrogen-bond donors (Lipinski definition) is 0. The number of pyridine rings is 1. The molecule has 36 heavy (non-hydrogen) atoms. The summed E-state index contributed by atoms with van der Waals surface area (Å²) in [7, 11) is 6.61. The van der Waals surface area contributed by atoms with Crippen LogP contribution in [0.1, 0.15) is 11.1 Å². The molecule has 0 aliphatic heterocycles. The summed E-state index contributed by atoms with van der Waals surface area (Å²) in [5.41, 5.74) is 7.84. The minimum Gasteiger partial charge on any atom is -0.497 e. The molecule has 0 spiro atoms. The maximum atomic E-state index is 5.68. The first-order valence-corrected chi connectivity index (χ1v) is 12.0. The zero-order valence-electron chi connectivity index (χ0n) is 20.8. The standard InChI is InChI=1S/C31H27NO4/c1-33-21-11-14-22-19(15-21)10-13-24-28(22)25-12-9-18-7-5-6-8-23(18)30(25)32-29(24)20-16-26(34-2)31(36-4)27(17-20)35-3/h5-9,11-12,14-17H,10,13H2,1-4H3. The molecule has 0 unspecified atom stereocenters. The van der Waals surface area contributed by atoms with Crippen molar-refractivity contribution in [3.8, 4) is 45.4 Å². The van der Waals surface area contributed by atoms with Gasteiger partial charge in [0, 0.05) is 16.3 Å². The number of benzene rings is 4. The van der Waals surface area contributed by atoms with E-state index in [0.29, 0.717) is 17.2 Å². The first-order valence-electron chi connectivity index (χ1n) is 12.0. The van der Waals surface area contributed by atoms with Gasteiger partial charge in [-0.2, -0.15) is 0 Å². The lowest BCUT2D eigenvalue weighted by Crippen LogP contribution is -2.09. The normalized spacial score (nSPS) is 12.2. The van der Waals surface area contributed by atoms with Crippen LogP contribution in [0.3, 0.4) is 0 Å². The molecule has 5 nitrogen and oxygen atoms in total. The fraction of sp³-hybridized carbons (Fsp3) is 0.194. The van der Waals surface area contributed by atoms with Crippen LogP contribution in [0.25, 0.3) is 44.1 Å². The van der Waals surface area contributed by atoms with Crippen molar-refractivity contribution >= 4 is 21.7 Å². The van der Waals surface area contributed by atoms with Gasteiger partial charge in [-0.3, -0.25) is 0 Å². The van der Waals surface area contributed by atoms with Gasteiger partial charge in [0.1, 0.15) is 5.75 Å². The lowest BCUT2D eigenvalue weighted by atomic mass is 9.81. The third-order valence-corrected chi connectivity index (χ3v) is 7.15. The Morgan fingerprint density at radius 3 is 2.19 bits per heavy atom. The van der Waals surface area contributed by atoms with Crippen molar-refractivity contribution in [3.63, 3.8) is 0 Å². The van der Waals surface area contributed by atoms with Gasteiger partial charge in [-0.25, -0.2) is 4.98 Å². The van der Waals surface area contributed by atoms with E-state index in [2.05, 4.69) is 48.5 Å². The number of methoxy groups -OCH3 is 4. The van der Waals surface area contributed by atoms with E-state index in [-0.39, 0.29) is 0 Å². The molecule has 180 valence electrons. The zero-order valence-corrected chi connectivity index (χ0v) is 20.8. The summed E-state index contributed by atoms with van der Waals surface area (Å²) >= 11 is 0. The van der Waals surface area contributed by atoms with Crippen molar-refractivity contribution < 1.29 is 18.9 Å². The molecule has 0 saturated carbocycles. The van der Waals surface area contributed by atoms with E-state index in [0.717, 1.165) is 46.1 Å². The van der Waals surface area contributed by atoms with Gasteiger partial charge in [0.05, 0.1) is 39.6 Å². The molecule has 1 aromatic heterocycles. The van der Waals surface area contributed by atoms with Gasteiger partial charge < -0.3 is 18.9 Å². The second kappa shape index (κ2) is 8.76. The molecule has 0 fully saturated rings. The van der Waals surface area contributed by atoms with Crippen LogP contribution in [0.5, 0.6) is 23.0 Å². The van der Waals surface area contributed by atoms with Crippen molar-refractivity contribution in [1.29, 1.82) is 0 Å². The molecular weight excluding hydrogens is 450 g/mol. The van der Waals surface area contributed by atoms with Gasteiger partial charge in [-0.05, 0) is 64.7 Å². The Hall–Kier alpha value is -4.25. The summed E-state index contributed by atoms with van der Waals surface area (Å²) in [6, 6.07) is 23.2. The van der Waals surface area contributed by atoms with Crippen LogP contribution in [-0.2, 0) is 12.8 Å². The largest absolute Gasteiger partial charge is 0.497 e. The third kappa shape index (κ3) is 3.34. The lowest BCUT2D eigenvalue weighted by molar-refractivity contribution is 0.324. The van der Waals surface area contributed by atoms with Crippen molar-refractivity contribution in [1.82, 2.24) is 4.98 Å². The monoisotopic (exact) mass is 477 g/mol. The van der Waals surface area contributed by atoms with E-state index in [1.54, 1.807) is 28.4 Å². The van der Waals surface area contributed by atoms with Gasteiger partial charge in [-0.1, -0.05) is 42.5 Å². The van der Waals surface area contributed by atoms with Crippen molar-refractivity contribution in [2.24, 2.45) is 0 Å². The van der Waals surface area contributed by atoms with E-state index < -0.39 is 0 Å². The average molecular weight is 478 g/mol. The van der Waals surface area contributed by atoms with E-state index in [1.807, 2.05) is 18.2 Å². The second-order valence-corrected chi connectivity index (χ2v) is 8.93.